The molecule has 3 aromatic rings. The third-order valence-corrected chi connectivity index (χ3v) is 2.64. The molecule has 3 rings (SSSR count). The molecule has 0 amide bonds. The van der Waals surface area contributed by atoms with Crippen molar-refractivity contribution in [2.45, 2.75) is 6.54 Å². The predicted molar refractivity (Wildman–Crippen MR) is 62.0 cm³/mol. The summed E-state index contributed by atoms with van der Waals surface area (Å²) >= 11 is 0. The zero-order valence-corrected chi connectivity index (χ0v) is 9.55. The average molecular weight is 260 g/mol. The van der Waals surface area contributed by atoms with Crippen molar-refractivity contribution in [1.82, 2.24) is 19.3 Å². The first-order valence-corrected chi connectivity index (χ1v) is 5.37. The van der Waals surface area contributed by atoms with Gasteiger partial charge in [0.25, 0.3) is 5.56 Å². The first kappa shape index (κ1) is 11.2. The van der Waals surface area contributed by atoms with Crippen LogP contribution < -0.4 is 5.56 Å². The van der Waals surface area contributed by atoms with E-state index < -0.39 is 5.97 Å². The summed E-state index contributed by atoms with van der Waals surface area (Å²) in [4.78, 5) is 22.7. The largest absolute Gasteiger partial charge is 0.476 e. The minimum absolute atomic E-state index is 0.112. The van der Waals surface area contributed by atoms with E-state index in [-0.39, 0.29) is 17.8 Å². The highest BCUT2D eigenvalue weighted by molar-refractivity contribution is 5.85. The van der Waals surface area contributed by atoms with Gasteiger partial charge in [-0.2, -0.15) is 5.10 Å². The Kier molecular flexibility index (Phi) is 2.41. The van der Waals surface area contributed by atoms with Crippen LogP contribution in [-0.4, -0.2) is 30.4 Å². The van der Waals surface area contributed by atoms with Crippen LogP contribution in [0.15, 0.2) is 40.0 Å². The number of aromatic nitrogens is 4. The maximum absolute atomic E-state index is 12.1. The Morgan fingerprint density at radius 3 is 3.00 bits per heavy atom. The van der Waals surface area contributed by atoms with Crippen LogP contribution >= 0.6 is 0 Å². The normalized spacial score (nSPS) is 10.9. The highest BCUT2D eigenvalue weighted by atomic mass is 16.5. The molecule has 0 radical (unpaired) electrons. The van der Waals surface area contributed by atoms with Gasteiger partial charge in [-0.25, -0.2) is 9.31 Å². The van der Waals surface area contributed by atoms with Crippen molar-refractivity contribution in [2.75, 3.05) is 0 Å². The Hall–Kier alpha value is -2.90. The number of nitrogens with zero attached hydrogens (tertiary/aromatic N) is 4. The summed E-state index contributed by atoms with van der Waals surface area (Å²) in [7, 11) is 0. The second kappa shape index (κ2) is 4.09. The topological polar surface area (TPSA) is 103 Å². The molecule has 8 heteroatoms. The molecule has 0 saturated carbocycles. The van der Waals surface area contributed by atoms with Gasteiger partial charge in [0, 0.05) is 18.5 Å². The lowest BCUT2D eigenvalue weighted by atomic mass is 10.3. The molecule has 3 aromatic heterocycles. The number of aromatic carboxylic acids is 1. The number of carboxylic acid groups (broad SMARTS) is 1. The molecule has 0 aliphatic carbocycles. The van der Waals surface area contributed by atoms with Crippen molar-refractivity contribution < 1.29 is 14.4 Å². The van der Waals surface area contributed by atoms with Crippen LogP contribution in [0.3, 0.4) is 0 Å². The third-order valence-electron chi connectivity index (χ3n) is 2.64. The minimum atomic E-state index is -1.17. The lowest BCUT2D eigenvalue weighted by molar-refractivity contribution is 0.0685. The maximum Gasteiger partial charge on any atom is 0.358 e. The number of carboxylic acids is 1. The summed E-state index contributed by atoms with van der Waals surface area (Å²) in [5, 5.41) is 16.1. The van der Waals surface area contributed by atoms with E-state index in [1.807, 2.05) is 0 Å². The van der Waals surface area contributed by atoms with Crippen molar-refractivity contribution in [3.05, 3.63) is 52.5 Å². The Bertz CT molecular complexity index is 813. The van der Waals surface area contributed by atoms with E-state index >= 15 is 0 Å². The van der Waals surface area contributed by atoms with Crippen LogP contribution in [0.1, 0.15) is 16.2 Å². The molecule has 1 N–H and O–H groups in total. The Morgan fingerprint density at radius 2 is 2.26 bits per heavy atom. The zero-order chi connectivity index (χ0) is 13.4. The van der Waals surface area contributed by atoms with E-state index in [4.69, 9.17) is 9.63 Å². The van der Waals surface area contributed by atoms with E-state index in [9.17, 15) is 9.59 Å². The zero-order valence-electron chi connectivity index (χ0n) is 9.55. The fraction of sp³-hybridized carbons (Fsp3) is 0.0909. The average Bonchev–Trinajstić information content (AvgIpc) is 3.01. The summed E-state index contributed by atoms with van der Waals surface area (Å²) < 4.78 is 7.72. The van der Waals surface area contributed by atoms with Crippen LogP contribution in [0.5, 0.6) is 0 Å². The van der Waals surface area contributed by atoms with Crippen molar-refractivity contribution >= 4 is 11.5 Å². The lowest BCUT2D eigenvalue weighted by Crippen LogP contribution is -2.21. The molecule has 0 aromatic carbocycles. The summed E-state index contributed by atoms with van der Waals surface area (Å²) in [6, 6.07) is 2.89. The lowest BCUT2D eigenvalue weighted by Gasteiger charge is -2.02. The minimum Gasteiger partial charge on any atom is -0.476 e. The number of hydrogen-bond donors (Lipinski definition) is 1. The smallest absolute Gasteiger partial charge is 0.358 e. The fourth-order valence-corrected chi connectivity index (χ4v) is 1.74. The second-order valence-electron chi connectivity index (χ2n) is 3.88. The Morgan fingerprint density at radius 1 is 1.42 bits per heavy atom. The monoisotopic (exact) mass is 260 g/mol. The molecule has 96 valence electrons. The van der Waals surface area contributed by atoms with Gasteiger partial charge in [0.15, 0.2) is 11.5 Å². The van der Waals surface area contributed by atoms with Gasteiger partial charge in [-0.3, -0.25) is 4.79 Å². The van der Waals surface area contributed by atoms with Gasteiger partial charge < -0.3 is 14.2 Å². The van der Waals surface area contributed by atoms with Crippen molar-refractivity contribution in [3.8, 4) is 0 Å². The number of fused-ring (bicyclic) bond motifs is 1. The van der Waals surface area contributed by atoms with Gasteiger partial charge in [-0.05, 0) is 6.07 Å². The van der Waals surface area contributed by atoms with Crippen LogP contribution in [0.4, 0.5) is 0 Å². The maximum atomic E-state index is 12.1. The van der Waals surface area contributed by atoms with E-state index in [1.165, 1.54) is 21.3 Å². The summed E-state index contributed by atoms with van der Waals surface area (Å²) in [5.74, 6) is -0.878. The van der Waals surface area contributed by atoms with Crippen LogP contribution in [0.25, 0.3) is 5.52 Å². The third kappa shape index (κ3) is 1.88. The number of carbonyl (C=O) groups is 1. The molecule has 0 saturated heterocycles. The molecule has 19 heavy (non-hydrogen) atoms. The molecule has 0 bridgehead atoms. The van der Waals surface area contributed by atoms with Crippen LogP contribution in [-0.2, 0) is 6.54 Å². The molecule has 0 unspecified atom stereocenters. The van der Waals surface area contributed by atoms with Crippen LogP contribution in [0.2, 0.25) is 0 Å². The van der Waals surface area contributed by atoms with E-state index in [0.717, 1.165) is 0 Å². The summed E-state index contributed by atoms with van der Waals surface area (Å²) in [5.41, 5.74) is 0.00206. The second-order valence-corrected chi connectivity index (χ2v) is 3.88. The fourth-order valence-electron chi connectivity index (χ4n) is 1.74. The van der Waals surface area contributed by atoms with E-state index in [1.54, 1.807) is 18.5 Å². The highest BCUT2D eigenvalue weighted by Gasteiger charge is 2.12. The van der Waals surface area contributed by atoms with Gasteiger partial charge in [0.1, 0.15) is 5.52 Å². The molecule has 0 aliphatic rings. The Balaban J connectivity index is 1.98. The predicted octanol–water partition coefficient (Wildman–Crippen LogP) is 0.230. The molecule has 0 aliphatic heterocycles. The number of hydrogen-bond acceptors (Lipinski definition) is 5. The van der Waals surface area contributed by atoms with Gasteiger partial charge in [0.05, 0.1) is 12.7 Å². The highest BCUT2D eigenvalue weighted by Crippen LogP contribution is 2.05. The van der Waals surface area contributed by atoms with E-state index in [2.05, 4.69) is 10.3 Å². The van der Waals surface area contributed by atoms with Gasteiger partial charge in [0.2, 0.25) is 0 Å². The molecule has 3 heterocycles. The first-order valence-electron chi connectivity index (χ1n) is 5.37. The molecule has 0 spiro atoms. The van der Waals surface area contributed by atoms with Crippen molar-refractivity contribution in [1.29, 1.82) is 0 Å². The van der Waals surface area contributed by atoms with Crippen molar-refractivity contribution in [3.63, 3.8) is 0 Å². The van der Waals surface area contributed by atoms with Crippen LogP contribution in [0, 0.1) is 0 Å². The first-order chi connectivity index (χ1) is 9.15. The Labute approximate surface area is 105 Å². The van der Waals surface area contributed by atoms with Gasteiger partial charge in [-0.1, -0.05) is 5.16 Å². The van der Waals surface area contributed by atoms with Gasteiger partial charge in [-0.15, -0.1) is 0 Å². The molecular weight excluding hydrogens is 252 g/mol. The van der Waals surface area contributed by atoms with Gasteiger partial charge >= 0.3 is 5.97 Å². The van der Waals surface area contributed by atoms with E-state index in [0.29, 0.717) is 11.3 Å². The SMILES string of the molecule is O=C(O)c1cc(Cn2ccn3nccc3c2=O)on1. The molecular formula is C11H8N4O4. The summed E-state index contributed by atoms with van der Waals surface area (Å²) in [6.45, 7) is 0.112. The standard InChI is InChI=1S/C11H8N4O4/c16-10-9-1-2-12-15(9)4-3-14(10)6-7-5-8(11(17)18)13-19-7/h1-5H,6H2,(H,17,18). The molecule has 0 fully saturated rings. The number of rotatable bonds is 3. The quantitative estimate of drug-likeness (QED) is 0.723. The van der Waals surface area contributed by atoms with Crippen molar-refractivity contribution in [2.24, 2.45) is 0 Å². The summed E-state index contributed by atoms with van der Waals surface area (Å²) in [6.07, 6.45) is 4.70. The molecule has 8 nitrogen and oxygen atoms in total. The molecule has 0 atom stereocenters.